The lowest BCUT2D eigenvalue weighted by Gasteiger charge is -2.24. The molecule has 0 aliphatic carbocycles. The summed E-state index contributed by atoms with van der Waals surface area (Å²) < 4.78 is 34.4. The van der Waals surface area contributed by atoms with E-state index in [1.165, 1.54) is 25.0 Å². The van der Waals surface area contributed by atoms with Gasteiger partial charge in [-0.25, -0.2) is 8.42 Å². The fourth-order valence-corrected chi connectivity index (χ4v) is 5.67. The summed E-state index contributed by atoms with van der Waals surface area (Å²) in [6.07, 6.45) is 2.37. The van der Waals surface area contributed by atoms with E-state index in [-0.39, 0.29) is 11.4 Å². The minimum absolute atomic E-state index is 0.0948. The van der Waals surface area contributed by atoms with Gasteiger partial charge in [-0.05, 0) is 92.6 Å². The van der Waals surface area contributed by atoms with Crippen molar-refractivity contribution in [1.82, 2.24) is 0 Å². The summed E-state index contributed by atoms with van der Waals surface area (Å²) in [5.74, 6) is 0.188. The van der Waals surface area contributed by atoms with Gasteiger partial charge < -0.3 is 15.0 Å². The zero-order chi connectivity index (χ0) is 24.8. The van der Waals surface area contributed by atoms with Gasteiger partial charge in [0.15, 0.2) is 0 Å². The number of hydrogen-bond acceptors (Lipinski definition) is 5. The fraction of sp³-hybridized carbons (Fsp3) is 0.269. The van der Waals surface area contributed by atoms with Crippen LogP contribution in [0.2, 0.25) is 0 Å². The van der Waals surface area contributed by atoms with Crippen LogP contribution in [-0.4, -0.2) is 40.6 Å². The van der Waals surface area contributed by atoms with E-state index in [0.29, 0.717) is 23.7 Å². The maximum atomic E-state index is 13.5. The van der Waals surface area contributed by atoms with Gasteiger partial charge >= 0.3 is 0 Å². The van der Waals surface area contributed by atoms with Crippen LogP contribution in [0.15, 0.2) is 82.2 Å². The maximum Gasteiger partial charge on any atom is 0.264 e. The number of nitrogens with one attached hydrogen (secondary N) is 1. The van der Waals surface area contributed by atoms with Gasteiger partial charge in [0.25, 0.3) is 10.0 Å². The molecule has 0 aromatic heterocycles. The highest BCUT2D eigenvalue weighted by Crippen LogP contribution is 2.27. The van der Waals surface area contributed by atoms with E-state index in [0.717, 1.165) is 27.6 Å². The van der Waals surface area contributed by atoms with Crippen LogP contribution in [0.3, 0.4) is 0 Å². The van der Waals surface area contributed by atoms with Crippen molar-refractivity contribution >= 4 is 48.9 Å². The molecule has 0 unspecified atom stereocenters. The molecular weight excluding hydrogens is 530 g/mol. The van der Waals surface area contributed by atoms with Crippen LogP contribution in [0.25, 0.3) is 0 Å². The average Bonchev–Trinajstić information content (AvgIpc) is 3.39. The van der Waals surface area contributed by atoms with Crippen molar-refractivity contribution in [2.24, 2.45) is 0 Å². The number of nitrogens with zero attached hydrogens (tertiary/aromatic N) is 2. The molecule has 35 heavy (non-hydrogen) atoms. The summed E-state index contributed by atoms with van der Waals surface area (Å²) in [5.41, 5.74) is 2.11. The van der Waals surface area contributed by atoms with Crippen LogP contribution in [0.1, 0.15) is 19.8 Å². The van der Waals surface area contributed by atoms with Crippen LogP contribution in [0.5, 0.6) is 5.75 Å². The lowest BCUT2D eigenvalue weighted by molar-refractivity contribution is -0.114. The van der Waals surface area contributed by atoms with Crippen LogP contribution in [0, 0.1) is 0 Å². The Morgan fingerprint density at radius 1 is 0.971 bits per heavy atom. The quantitative estimate of drug-likeness (QED) is 0.387. The number of anilines is 3. The van der Waals surface area contributed by atoms with E-state index in [4.69, 9.17) is 4.74 Å². The average molecular weight is 558 g/mol. The van der Waals surface area contributed by atoms with Crippen LogP contribution >= 0.6 is 15.9 Å². The molecule has 9 heteroatoms. The van der Waals surface area contributed by atoms with E-state index in [1.54, 1.807) is 36.4 Å². The molecule has 0 spiro atoms. The van der Waals surface area contributed by atoms with Gasteiger partial charge in [-0.1, -0.05) is 15.9 Å². The Labute approximate surface area is 214 Å². The number of carbonyl (C=O) groups excluding carboxylic acids is 1. The van der Waals surface area contributed by atoms with Gasteiger partial charge in [-0.3, -0.25) is 9.10 Å². The monoisotopic (exact) mass is 557 g/mol. The molecule has 3 aromatic carbocycles. The van der Waals surface area contributed by atoms with Crippen molar-refractivity contribution in [3.63, 3.8) is 0 Å². The van der Waals surface area contributed by atoms with Crippen LogP contribution in [0.4, 0.5) is 17.1 Å². The first kappa shape index (κ1) is 25.1. The van der Waals surface area contributed by atoms with Gasteiger partial charge in [0, 0.05) is 28.9 Å². The van der Waals surface area contributed by atoms with Crippen molar-refractivity contribution < 1.29 is 17.9 Å². The predicted molar refractivity (Wildman–Crippen MR) is 143 cm³/mol. The molecule has 1 heterocycles. The number of amides is 1. The normalized spacial score (nSPS) is 13.5. The number of ether oxygens (including phenoxy) is 1. The Morgan fingerprint density at radius 3 is 2.20 bits per heavy atom. The lowest BCUT2D eigenvalue weighted by atomic mass is 10.2. The van der Waals surface area contributed by atoms with E-state index in [9.17, 15) is 13.2 Å². The highest BCUT2D eigenvalue weighted by atomic mass is 79.9. The summed E-state index contributed by atoms with van der Waals surface area (Å²) in [6.45, 7) is 4.08. The molecule has 0 bridgehead atoms. The molecule has 1 aliphatic heterocycles. The molecule has 1 saturated heterocycles. The molecule has 0 radical (unpaired) electrons. The Bertz CT molecular complexity index is 1240. The second kappa shape index (κ2) is 11.1. The van der Waals surface area contributed by atoms with Crippen molar-refractivity contribution in [2.45, 2.75) is 24.7 Å². The molecule has 7 nitrogen and oxygen atoms in total. The molecule has 0 saturated carbocycles. The molecule has 4 rings (SSSR count). The SMILES string of the molecule is CCOc1ccc(N(CC(=O)Nc2ccc(N3CCCC3)cc2)S(=O)(=O)c2ccc(Br)cc2)cc1. The third-order valence-corrected chi connectivity index (χ3v) is 8.06. The Morgan fingerprint density at radius 2 is 1.60 bits per heavy atom. The zero-order valence-electron chi connectivity index (χ0n) is 19.5. The largest absolute Gasteiger partial charge is 0.494 e. The highest BCUT2D eigenvalue weighted by molar-refractivity contribution is 9.10. The third kappa shape index (κ3) is 6.15. The Balaban J connectivity index is 1.55. The smallest absolute Gasteiger partial charge is 0.264 e. The second-order valence-electron chi connectivity index (χ2n) is 8.18. The second-order valence-corrected chi connectivity index (χ2v) is 11.0. The first-order valence-electron chi connectivity index (χ1n) is 11.5. The summed E-state index contributed by atoms with van der Waals surface area (Å²) in [4.78, 5) is 15.4. The summed E-state index contributed by atoms with van der Waals surface area (Å²) in [7, 11) is -4.00. The van der Waals surface area contributed by atoms with Gasteiger partial charge in [-0.15, -0.1) is 0 Å². The van der Waals surface area contributed by atoms with Crippen LogP contribution < -0.4 is 19.3 Å². The van der Waals surface area contributed by atoms with Gasteiger partial charge in [0.2, 0.25) is 5.91 Å². The molecule has 1 amide bonds. The first-order chi connectivity index (χ1) is 16.9. The summed E-state index contributed by atoms with van der Waals surface area (Å²) >= 11 is 3.33. The number of benzene rings is 3. The van der Waals surface area contributed by atoms with E-state index in [2.05, 4.69) is 26.1 Å². The fourth-order valence-electron chi connectivity index (χ4n) is 3.99. The number of sulfonamides is 1. The van der Waals surface area contributed by atoms with Crippen molar-refractivity contribution in [3.8, 4) is 5.75 Å². The number of rotatable bonds is 9. The standard InChI is InChI=1S/C26H28BrN3O4S/c1-2-34-24-13-11-23(12-14-24)30(35(32,33)25-15-5-20(27)6-16-25)19-26(31)28-21-7-9-22(10-8-21)29-17-3-4-18-29/h5-16H,2-4,17-19H2,1H3,(H,28,31). The number of halogens is 1. The minimum atomic E-state index is -4.00. The molecular formula is C26H28BrN3O4S. The predicted octanol–water partition coefficient (Wildman–Crippen LogP) is 5.28. The molecule has 1 N–H and O–H groups in total. The van der Waals surface area contributed by atoms with Crippen molar-refractivity contribution in [3.05, 3.63) is 77.3 Å². The highest BCUT2D eigenvalue weighted by Gasteiger charge is 2.27. The van der Waals surface area contributed by atoms with Gasteiger partial charge in [-0.2, -0.15) is 0 Å². The Hall–Kier alpha value is -3.04. The number of hydrogen-bond donors (Lipinski definition) is 1. The molecule has 1 fully saturated rings. The van der Waals surface area contributed by atoms with Gasteiger partial charge in [0.1, 0.15) is 12.3 Å². The zero-order valence-corrected chi connectivity index (χ0v) is 21.9. The van der Waals surface area contributed by atoms with Crippen LogP contribution in [-0.2, 0) is 14.8 Å². The molecule has 0 atom stereocenters. The van der Waals surface area contributed by atoms with E-state index >= 15 is 0 Å². The maximum absolute atomic E-state index is 13.5. The Kier molecular flexibility index (Phi) is 7.97. The van der Waals surface area contributed by atoms with Crippen molar-refractivity contribution in [1.29, 1.82) is 0 Å². The lowest BCUT2D eigenvalue weighted by Crippen LogP contribution is -2.38. The topological polar surface area (TPSA) is 79.0 Å². The molecule has 3 aromatic rings. The van der Waals surface area contributed by atoms with Gasteiger partial charge in [0.05, 0.1) is 17.2 Å². The van der Waals surface area contributed by atoms with E-state index < -0.39 is 15.9 Å². The van der Waals surface area contributed by atoms with Crippen molar-refractivity contribution in [2.75, 3.05) is 40.8 Å². The van der Waals surface area contributed by atoms with E-state index in [1.807, 2.05) is 31.2 Å². The molecule has 184 valence electrons. The first-order valence-corrected chi connectivity index (χ1v) is 13.8. The molecule has 1 aliphatic rings. The third-order valence-electron chi connectivity index (χ3n) is 5.75. The summed E-state index contributed by atoms with van der Waals surface area (Å²) in [5, 5.41) is 2.83. The summed E-state index contributed by atoms with van der Waals surface area (Å²) in [6, 6.07) is 20.6. The number of carbonyl (C=O) groups is 1. The minimum Gasteiger partial charge on any atom is -0.494 e.